The molecule has 2 N–H and O–H groups in total. The van der Waals surface area contributed by atoms with Crippen molar-refractivity contribution in [1.29, 1.82) is 0 Å². The third-order valence-electron chi connectivity index (χ3n) is 8.31. The van der Waals surface area contributed by atoms with E-state index in [4.69, 9.17) is 5.73 Å². The fraction of sp³-hybridized carbons (Fsp3) is 0.387. The van der Waals surface area contributed by atoms with Gasteiger partial charge in [0.25, 0.3) is 0 Å². The van der Waals surface area contributed by atoms with Crippen LogP contribution in [0.1, 0.15) is 48.4 Å². The summed E-state index contributed by atoms with van der Waals surface area (Å²) in [7, 11) is 0. The van der Waals surface area contributed by atoms with Gasteiger partial charge in [0.05, 0.1) is 12.2 Å². The zero-order valence-corrected chi connectivity index (χ0v) is 21.9. The van der Waals surface area contributed by atoms with Gasteiger partial charge in [-0.05, 0) is 86.1 Å². The van der Waals surface area contributed by atoms with Crippen molar-refractivity contribution in [2.24, 2.45) is 5.92 Å². The standard InChI is InChI=1S/C31H36N6O/c32-30-19-23(8-14-34-30)20-35-15-9-25(10-16-35)31(38)36-17-11-24(12-18-36)28-22-37(21-26-5-3-4-13-33-26)29-7-2-1-6-27(28)29/h1-8,13-14,19,22,24-25H,9-12,15-18,20-21H2,(H2,32,34). The predicted octanol–water partition coefficient (Wildman–Crippen LogP) is 4.68. The first-order valence-corrected chi connectivity index (χ1v) is 13.8. The molecule has 1 aromatic carbocycles. The number of hydrogen-bond acceptors (Lipinski definition) is 5. The van der Waals surface area contributed by atoms with Crippen LogP contribution in [0.3, 0.4) is 0 Å². The molecule has 38 heavy (non-hydrogen) atoms. The summed E-state index contributed by atoms with van der Waals surface area (Å²) in [6, 6.07) is 18.7. The number of likely N-dealkylation sites (tertiary alicyclic amines) is 2. The number of nitrogens with zero attached hydrogens (tertiary/aromatic N) is 5. The topological polar surface area (TPSA) is 80.3 Å². The van der Waals surface area contributed by atoms with Gasteiger partial charge in [-0.15, -0.1) is 0 Å². The Morgan fingerprint density at radius 2 is 1.66 bits per heavy atom. The molecule has 0 radical (unpaired) electrons. The fourth-order valence-electron chi connectivity index (χ4n) is 6.26. The molecule has 0 unspecified atom stereocenters. The van der Waals surface area contributed by atoms with Crippen LogP contribution < -0.4 is 5.73 Å². The molecule has 0 bridgehead atoms. The first kappa shape index (κ1) is 24.6. The van der Waals surface area contributed by atoms with E-state index in [9.17, 15) is 4.79 Å². The van der Waals surface area contributed by atoms with Crippen molar-refractivity contribution in [1.82, 2.24) is 24.3 Å². The van der Waals surface area contributed by atoms with Crippen LogP contribution in [0, 0.1) is 5.92 Å². The van der Waals surface area contributed by atoms with Crippen molar-refractivity contribution in [2.45, 2.75) is 44.7 Å². The molecule has 2 saturated heterocycles. The number of piperidine rings is 2. The Labute approximate surface area is 224 Å². The lowest BCUT2D eigenvalue weighted by Crippen LogP contribution is -2.45. The lowest BCUT2D eigenvalue weighted by atomic mass is 9.88. The number of pyridine rings is 2. The second kappa shape index (κ2) is 11.0. The maximum atomic E-state index is 13.4. The maximum Gasteiger partial charge on any atom is 0.225 e. The molecule has 0 saturated carbocycles. The summed E-state index contributed by atoms with van der Waals surface area (Å²) in [6.45, 7) is 5.23. The number of nitrogens with two attached hydrogens (primary N) is 1. The minimum absolute atomic E-state index is 0.144. The Morgan fingerprint density at radius 1 is 0.868 bits per heavy atom. The van der Waals surface area contributed by atoms with Crippen LogP contribution >= 0.6 is 0 Å². The molecule has 7 nitrogen and oxygen atoms in total. The summed E-state index contributed by atoms with van der Waals surface area (Å²) in [5.74, 6) is 1.54. The highest BCUT2D eigenvalue weighted by atomic mass is 16.2. The number of aromatic nitrogens is 3. The number of nitrogen functional groups attached to an aromatic ring is 1. The molecule has 0 spiro atoms. The number of carbonyl (C=O) groups is 1. The number of para-hydroxylation sites is 1. The Bertz CT molecular complexity index is 1380. The molecule has 3 aromatic heterocycles. The Kier molecular flexibility index (Phi) is 7.10. The average molecular weight is 509 g/mol. The third-order valence-corrected chi connectivity index (χ3v) is 8.31. The van der Waals surface area contributed by atoms with Crippen LogP contribution in [0.25, 0.3) is 10.9 Å². The second-order valence-electron chi connectivity index (χ2n) is 10.8. The van der Waals surface area contributed by atoms with E-state index in [-0.39, 0.29) is 5.92 Å². The molecule has 2 fully saturated rings. The fourth-order valence-corrected chi connectivity index (χ4v) is 6.26. The van der Waals surface area contributed by atoms with Gasteiger partial charge in [-0.25, -0.2) is 4.98 Å². The Morgan fingerprint density at radius 3 is 2.42 bits per heavy atom. The highest BCUT2D eigenvalue weighted by Gasteiger charge is 2.32. The number of carbonyl (C=O) groups excluding carboxylic acids is 1. The molecule has 0 aliphatic carbocycles. The summed E-state index contributed by atoms with van der Waals surface area (Å²) in [4.78, 5) is 26.6. The summed E-state index contributed by atoms with van der Waals surface area (Å²) in [5.41, 5.74) is 10.8. The highest BCUT2D eigenvalue weighted by molar-refractivity contribution is 5.85. The van der Waals surface area contributed by atoms with Gasteiger partial charge in [-0.3, -0.25) is 14.7 Å². The Hall–Kier alpha value is -3.71. The van der Waals surface area contributed by atoms with Crippen LogP contribution in [0.2, 0.25) is 0 Å². The molecule has 7 heteroatoms. The normalized spacial score (nSPS) is 17.7. The SMILES string of the molecule is Nc1cc(CN2CCC(C(=O)N3CCC(c4cn(Cc5ccccn5)c5ccccc45)CC3)CC2)ccn1. The lowest BCUT2D eigenvalue weighted by molar-refractivity contribution is -0.138. The van der Waals surface area contributed by atoms with Crippen molar-refractivity contribution >= 4 is 22.6 Å². The molecule has 0 atom stereocenters. The minimum atomic E-state index is 0.144. The van der Waals surface area contributed by atoms with Gasteiger partial charge in [0, 0.05) is 55.0 Å². The molecule has 2 aliphatic rings. The summed E-state index contributed by atoms with van der Waals surface area (Å²) in [6.07, 6.45) is 9.85. The predicted molar refractivity (Wildman–Crippen MR) is 150 cm³/mol. The number of rotatable bonds is 6. The van der Waals surface area contributed by atoms with Crippen LogP contribution in [0.5, 0.6) is 0 Å². The Balaban J connectivity index is 1.06. The average Bonchev–Trinajstić information content (AvgIpc) is 3.32. The molecular weight excluding hydrogens is 472 g/mol. The van der Waals surface area contributed by atoms with E-state index in [1.165, 1.54) is 22.0 Å². The van der Waals surface area contributed by atoms with E-state index >= 15 is 0 Å². The first-order chi connectivity index (χ1) is 18.6. The summed E-state index contributed by atoms with van der Waals surface area (Å²) >= 11 is 0. The van der Waals surface area contributed by atoms with Gasteiger partial charge in [0.1, 0.15) is 5.82 Å². The largest absolute Gasteiger partial charge is 0.384 e. The number of anilines is 1. The zero-order chi connectivity index (χ0) is 25.9. The molecule has 5 heterocycles. The molecule has 196 valence electrons. The molecule has 6 rings (SSSR count). The number of fused-ring (bicyclic) bond motifs is 1. The van der Waals surface area contributed by atoms with Crippen molar-refractivity contribution < 1.29 is 4.79 Å². The van der Waals surface area contributed by atoms with E-state index in [1.807, 2.05) is 30.5 Å². The van der Waals surface area contributed by atoms with Crippen molar-refractivity contribution in [2.75, 3.05) is 31.9 Å². The minimum Gasteiger partial charge on any atom is -0.384 e. The smallest absolute Gasteiger partial charge is 0.225 e. The van der Waals surface area contributed by atoms with E-state index in [0.29, 0.717) is 17.6 Å². The van der Waals surface area contributed by atoms with Gasteiger partial charge in [0.15, 0.2) is 0 Å². The molecular formula is C31H36N6O. The van der Waals surface area contributed by atoms with Gasteiger partial charge in [0.2, 0.25) is 5.91 Å². The monoisotopic (exact) mass is 508 g/mol. The van der Waals surface area contributed by atoms with Gasteiger partial charge >= 0.3 is 0 Å². The van der Waals surface area contributed by atoms with Gasteiger partial charge in [-0.1, -0.05) is 24.3 Å². The van der Waals surface area contributed by atoms with Crippen LogP contribution in [0.4, 0.5) is 5.82 Å². The van der Waals surface area contributed by atoms with Crippen LogP contribution in [-0.4, -0.2) is 56.4 Å². The number of amides is 1. The van der Waals surface area contributed by atoms with Crippen LogP contribution in [-0.2, 0) is 17.9 Å². The zero-order valence-electron chi connectivity index (χ0n) is 21.9. The van der Waals surface area contributed by atoms with Crippen molar-refractivity contribution in [3.8, 4) is 0 Å². The number of hydrogen-bond donors (Lipinski definition) is 1. The van der Waals surface area contributed by atoms with E-state index in [1.54, 1.807) is 6.20 Å². The number of benzene rings is 1. The van der Waals surface area contributed by atoms with Crippen molar-refractivity contribution in [3.63, 3.8) is 0 Å². The highest BCUT2D eigenvalue weighted by Crippen LogP contribution is 2.35. The van der Waals surface area contributed by atoms with Crippen molar-refractivity contribution in [3.05, 3.63) is 90.0 Å². The first-order valence-electron chi connectivity index (χ1n) is 13.8. The molecule has 1 amide bonds. The van der Waals surface area contributed by atoms with Gasteiger partial charge in [-0.2, -0.15) is 0 Å². The van der Waals surface area contributed by atoms with E-state index in [0.717, 1.165) is 70.6 Å². The molecule has 2 aliphatic heterocycles. The third kappa shape index (κ3) is 5.29. The van der Waals surface area contributed by atoms with Gasteiger partial charge < -0.3 is 15.2 Å². The maximum absolute atomic E-state index is 13.4. The quantitative estimate of drug-likeness (QED) is 0.409. The van der Waals surface area contributed by atoms with Crippen LogP contribution in [0.15, 0.2) is 73.2 Å². The van der Waals surface area contributed by atoms with E-state index in [2.05, 4.69) is 60.9 Å². The summed E-state index contributed by atoms with van der Waals surface area (Å²) < 4.78 is 2.33. The van der Waals surface area contributed by atoms with E-state index < -0.39 is 0 Å². The summed E-state index contributed by atoms with van der Waals surface area (Å²) in [5, 5.41) is 1.33. The second-order valence-corrected chi connectivity index (χ2v) is 10.8. The molecule has 4 aromatic rings. The lowest BCUT2D eigenvalue weighted by Gasteiger charge is -2.37.